The number of hydrogen-bond acceptors (Lipinski definition) is 9. The molecule has 13 heteroatoms. The number of hydrogen-bond donors (Lipinski definition) is 3. The molecule has 1 heterocycles. The highest BCUT2D eigenvalue weighted by Crippen LogP contribution is 2.44. The number of halogens is 1. The summed E-state index contributed by atoms with van der Waals surface area (Å²) in [5.41, 5.74) is 15.2. The molecule has 12 nitrogen and oxygen atoms in total. The molecule has 0 aromatic heterocycles. The highest BCUT2D eigenvalue weighted by Gasteiger charge is 2.54. The summed E-state index contributed by atoms with van der Waals surface area (Å²) >= 11 is 6.32. The zero-order valence-corrected chi connectivity index (χ0v) is 28.1. The van der Waals surface area contributed by atoms with E-state index < -0.39 is 29.1 Å². The first-order valence-electron chi connectivity index (χ1n) is 15.7. The smallest absolute Gasteiger partial charge is 0.306 e. The standard InChI is InChI=1S/C35H41ClN6O6/c1-34(2,3)48-30(44)17-19-35(33(45)41-38-20-18-24-9-5-7-12-29(24)36)31(28-11-6-4-10-26(28)23-39-42-37)47-32(40-35)25-13-15-27(16-14-25)46-22-8-21-43/h4-7,9-16,31,38,43H,8,17-23H2,1-3H3,(H,41,45)/t31-,35-/m0/s1. The summed E-state index contributed by atoms with van der Waals surface area (Å²) in [6.45, 7) is 6.08. The van der Waals surface area contributed by atoms with Crippen LogP contribution in [-0.2, 0) is 32.0 Å². The first kappa shape index (κ1) is 36.2. The summed E-state index contributed by atoms with van der Waals surface area (Å²) in [5, 5.41) is 13.4. The van der Waals surface area contributed by atoms with Gasteiger partial charge in [-0.05, 0) is 86.2 Å². The van der Waals surface area contributed by atoms with Crippen molar-refractivity contribution in [3.8, 4) is 5.75 Å². The quantitative estimate of drug-likeness (QED) is 0.0408. The fraction of sp³-hybridized carbons (Fsp3) is 0.400. The Hall–Kier alpha value is -4.61. The van der Waals surface area contributed by atoms with Gasteiger partial charge in [0.1, 0.15) is 11.4 Å². The van der Waals surface area contributed by atoms with Crippen molar-refractivity contribution >= 4 is 29.4 Å². The van der Waals surface area contributed by atoms with Crippen LogP contribution in [0.5, 0.6) is 5.75 Å². The number of nitrogens with one attached hydrogen (secondary N) is 2. The summed E-state index contributed by atoms with van der Waals surface area (Å²) in [5.74, 6) is -0.224. The van der Waals surface area contributed by atoms with Gasteiger partial charge in [0.2, 0.25) is 5.90 Å². The predicted molar refractivity (Wildman–Crippen MR) is 182 cm³/mol. The number of hydrazine groups is 1. The molecule has 0 saturated heterocycles. The van der Waals surface area contributed by atoms with Gasteiger partial charge >= 0.3 is 5.97 Å². The molecule has 0 radical (unpaired) electrons. The molecule has 0 bridgehead atoms. The maximum Gasteiger partial charge on any atom is 0.306 e. The minimum atomic E-state index is -1.63. The summed E-state index contributed by atoms with van der Waals surface area (Å²) < 4.78 is 17.8. The monoisotopic (exact) mass is 676 g/mol. The Labute approximate surface area is 285 Å². The molecule has 1 aliphatic heterocycles. The van der Waals surface area contributed by atoms with Gasteiger partial charge in [0.05, 0.1) is 13.2 Å². The van der Waals surface area contributed by atoms with E-state index in [4.69, 9.17) is 41.4 Å². The molecule has 48 heavy (non-hydrogen) atoms. The average Bonchev–Trinajstić information content (AvgIpc) is 3.46. The third-order valence-corrected chi connectivity index (χ3v) is 7.85. The van der Waals surface area contributed by atoms with Crippen LogP contribution in [-0.4, -0.2) is 53.8 Å². The van der Waals surface area contributed by atoms with Gasteiger partial charge in [0.25, 0.3) is 5.91 Å². The summed E-state index contributed by atoms with van der Waals surface area (Å²) in [4.78, 5) is 35.2. The van der Waals surface area contributed by atoms with Gasteiger partial charge in [0.15, 0.2) is 11.6 Å². The lowest BCUT2D eigenvalue weighted by Crippen LogP contribution is -2.53. The van der Waals surface area contributed by atoms with Crippen molar-refractivity contribution in [2.45, 2.75) is 70.2 Å². The number of esters is 1. The van der Waals surface area contributed by atoms with Crippen LogP contribution >= 0.6 is 11.6 Å². The number of azide groups is 1. The molecular formula is C35H41ClN6O6. The van der Waals surface area contributed by atoms with Crippen molar-refractivity contribution in [3.63, 3.8) is 0 Å². The lowest BCUT2D eigenvalue weighted by Gasteiger charge is -2.31. The molecule has 0 unspecified atom stereocenters. The maximum atomic E-state index is 14.4. The van der Waals surface area contributed by atoms with Crippen LogP contribution in [0.25, 0.3) is 10.4 Å². The maximum absolute atomic E-state index is 14.4. The number of aliphatic hydroxyl groups is 1. The first-order chi connectivity index (χ1) is 23.1. The second-order valence-corrected chi connectivity index (χ2v) is 12.6. The summed E-state index contributed by atoms with van der Waals surface area (Å²) in [7, 11) is 0. The minimum Gasteiger partial charge on any atom is -0.494 e. The first-order valence-corrected chi connectivity index (χ1v) is 16.1. The van der Waals surface area contributed by atoms with Crippen LogP contribution in [0, 0.1) is 0 Å². The Bertz CT molecular complexity index is 1640. The number of aliphatic hydroxyl groups excluding tert-OH is 1. The van der Waals surface area contributed by atoms with Gasteiger partial charge in [-0.2, -0.15) is 0 Å². The van der Waals surface area contributed by atoms with Crippen molar-refractivity contribution in [2.75, 3.05) is 19.8 Å². The van der Waals surface area contributed by atoms with Crippen LogP contribution in [0.3, 0.4) is 0 Å². The van der Waals surface area contributed by atoms with Crippen molar-refractivity contribution in [2.24, 2.45) is 10.1 Å². The Morgan fingerprint density at radius 2 is 1.79 bits per heavy atom. The van der Waals surface area contributed by atoms with Gasteiger partial charge in [-0.1, -0.05) is 59.2 Å². The molecule has 3 aromatic rings. The van der Waals surface area contributed by atoms with Crippen molar-refractivity contribution < 1.29 is 28.9 Å². The molecule has 3 N–H and O–H groups in total. The minimum absolute atomic E-state index is 0.0155. The highest BCUT2D eigenvalue weighted by molar-refractivity contribution is 6.31. The molecule has 0 spiro atoms. The van der Waals surface area contributed by atoms with Crippen molar-refractivity contribution in [1.82, 2.24) is 10.9 Å². The zero-order chi connectivity index (χ0) is 34.6. The van der Waals surface area contributed by atoms with E-state index in [1.54, 1.807) is 75.4 Å². The van der Waals surface area contributed by atoms with Crippen LogP contribution in [0.15, 0.2) is 82.9 Å². The molecule has 0 fully saturated rings. The van der Waals surface area contributed by atoms with E-state index in [1.165, 1.54) is 0 Å². The van der Waals surface area contributed by atoms with Crippen LogP contribution < -0.4 is 15.6 Å². The van der Waals surface area contributed by atoms with Crippen LogP contribution in [0.4, 0.5) is 0 Å². The van der Waals surface area contributed by atoms with Crippen LogP contribution in [0.2, 0.25) is 5.02 Å². The fourth-order valence-electron chi connectivity index (χ4n) is 5.22. The molecule has 1 aliphatic rings. The number of nitrogens with zero attached hydrogens (tertiary/aromatic N) is 4. The fourth-order valence-corrected chi connectivity index (χ4v) is 5.45. The Morgan fingerprint density at radius 3 is 2.48 bits per heavy atom. The molecular weight excluding hydrogens is 636 g/mol. The Balaban J connectivity index is 1.71. The van der Waals surface area contributed by atoms with E-state index in [0.717, 1.165) is 5.56 Å². The molecule has 4 rings (SSSR count). The summed E-state index contributed by atoms with van der Waals surface area (Å²) in [6.07, 6.45) is -0.133. The van der Waals surface area contributed by atoms with E-state index in [9.17, 15) is 9.59 Å². The van der Waals surface area contributed by atoms with Crippen LogP contribution in [0.1, 0.15) is 68.4 Å². The molecule has 1 amide bonds. The topological polar surface area (TPSA) is 167 Å². The Morgan fingerprint density at radius 1 is 1.08 bits per heavy atom. The van der Waals surface area contributed by atoms with Crippen molar-refractivity contribution in [1.29, 1.82) is 0 Å². The van der Waals surface area contributed by atoms with Gasteiger partial charge < -0.3 is 19.3 Å². The molecule has 2 atom stereocenters. The van der Waals surface area contributed by atoms with Gasteiger partial charge in [0, 0.05) is 41.5 Å². The highest BCUT2D eigenvalue weighted by atomic mass is 35.5. The van der Waals surface area contributed by atoms with Gasteiger partial charge in [-0.15, -0.1) is 0 Å². The number of carbonyl (C=O) groups excluding carboxylic acids is 2. The average molecular weight is 677 g/mol. The largest absolute Gasteiger partial charge is 0.494 e. The second kappa shape index (κ2) is 17.0. The number of benzene rings is 3. The van der Waals surface area contributed by atoms with Crippen molar-refractivity contribution in [3.05, 3.63) is 111 Å². The molecule has 254 valence electrons. The molecule has 3 aromatic carbocycles. The third-order valence-electron chi connectivity index (χ3n) is 7.48. The number of ether oxygens (including phenoxy) is 3. The summed E-state index contributed by atoms with van der Waals surface area (Å²) in [6, 6.07) is 21.7. The number of aliphatic imine (C=N–C) groups is 1. The zero-order valence-electron chi connectivity index (χ0n) is 27.3. The normalized spacial score (nSPS) is 17.1. The lowest BCUT2D eigenvalue weighted by molar-refractivity contribution is -0.155. The predicted octanol–water partition coefficient (Wildman–Crippen LogP) is 6.15. The van der Waals surface area contributed by atoms with E-state index >= 15 is 0 Å². The number of amides is 1. The SMILES string of the molecule is CC(C)(C)OC(=O)CC[C@]1(C(=O)NNCCc2ccccc2Cl)N=C(c2ccc(OCCCO)cc2)O[C@H]1c1ccccc1CN=[N+]=[N-]. The molecule has 0 aliphatic carbocycles. The van der Waals surface area contributed by atoms with Gasteiger partial charge in [-0.25, -0.2) is 10.4 Å². The molecule has 0 saturated carbocycles. The lowest BCUT2D eigenvalue weighted by atomic mass is 9.82. The third kappa shape index (κ3) is 9.71. The Kier molecular flexibility index (Phi) is 12.8. The number of rotatable bonds is 16. The number of carbonyl (C=O) groups is 2. The second-order valence-electron chi connectivity index (χ2n) is 12.2. The van der Waals surface area contributed by atoms with E-state index in [-0.39, 0.29) is 31.9 Å². The van der Waals surface area contributed by atoms with Gasteiger partial charge in [-0.3, -0.25) is 15.0 Å². The van der Waals surface area contributed by atoms with E-state index in [2.05, 4.69) is 20.9 Å². The van der Waals surface area contributed by atoms with E-state index in [1.807, 2.05) is 18.2 Å². The van der Waals surface area contributed by atoms with E-state index in [0.29, 0.717) is 53.5 Å².